The highest BCUT2D eigenvalue weighted by Crippen LogP contribution is 2.23. The van der Waals surface area contributed by atoms with Crippen LogP contribution in [0.3, 0.4) is 0 Å². The lowest BCUT2D eigenvalue weighted by Crippen LogP contribution is -2.50. The smallest absolute Gasteiger partial charge is 0.238 e. The third-order valence-corrected chi connectivity index (χ3v) is 4.17. The summed E-state index contributed by atoms with van der Waals surface area (Å²) < 4.78 is 26.4. The lowest BCUT2D eigenvalue weighted by atomic mass is 9.93. The normalized spacial score (nSPS) is 17.0. The zero-order chi connectivity index (χ0) is 18.0. The third kappa shape index (κ3) is 4.00. The van der Waals surface area contributed by atoms with Crippen LogP contribution in [-0.4, -0.2) is 29.3 Å². The molecule has 0 fully saturated rings. The lowest BCUT2D eigenvalue weighted by Gasteiger charge is -2.34. The topological polar surface area (TPSA) is 75.4 Å². The Morgan fingerprint density at radius 2 is 1.76 bits per heavy atom. The number of hydrogen-bond acceptors (Lipinski definition) is 3. The molecule has 0 spiro atoms. The van der Waals surface area contributed by atoms with E-state index in [0.29, 0.717) is 13.0 Å². The van der Waals surface area contributed by atoms with Gasteiger partial charge in [0.2, 0.25) is 11.8 Å². The van der Waals surface area contributed by atoms with Gasteiger partial charge in [-0.15, -0.1) is 0 Å². The van der Waals surface area contributed by atoms with Gasteiger partial charge in [0.25, 0.3) is 0 Å². The maximum absolute atomic E-state index is 13.2. The summed E-state index contributed by atoms with van der Waals surface area (Å²) in [6.07, 6.45) is 0.424. The molecule has 1 heterocycles. The summed E-state index contributed by atoms with van der Waals surface area (Å²) in [5.74, 6) is -2.55. The van der Waals surface area contributed by atoms with Gasteiger partial charge in [-0.05, 0) is 29.7 Å². The van der Waals surface area contributed by atoms with E-state index >= 15 is 0 Å². The van der Waals surface area contributed by atoms with E-state index in [2.05, 4.69) is 5.32 Å². The van der Waals surface area contributed by atoms with Crippen LogP contribution in [0.2, 0.25) is 0 Å². The van der Waals surface area contributed by atoms with Crippen molar-refractivity contribution in [1.82, 2.24) is 4.90 Å². The van der Waals surface area contributed by atoms with Crippen LogP contribution in [0.4, 0.5) is 14.5 Å². The first kappa shape index (κ1) is 17.0. The van der Waals surface area contributed by atoms with Crippen LogP contribution in [0.25, 0.3) is 0 Å². The number of carbonyl (C=O) groups is 2. The Morgan fingerprint density at radius 1 is 1.12 bits per heavy atom. The maximum Gasteiger partial charge on any atom is 0.238 e. The molecule has 0 saturated carbocycles. The van der Waals surface area contributed by atoms with E-state index in [-0.39, 0.29) is 12.2 Å². The van der Waals surface area contributed by atoms with E-state index in [1.807, 2.05) is 24.3 Å². The molecule has 7 heteroatoms. The summed E-state index contributed by atoms with van der Waals surface area (Å²) in [6, 6.07) is 9.80. The highest BCUT2D eigenvalue weighted by Gasteiger charge is 2.31. The molecule has 3 N–H and O–H groups in total. The van der Waals surface area contributed by atoms with E-state index in [9.17, 15) is 18.4 Å². The average molecular weight is 345 g/mol. The largest absolute Gasteiger partial charge is 0.368 e. The Morgan fingerprint density at radius 3 is 2.40 bits per heavy atom. The van der Waals surface area contributed by atoms with Gasteiger partial charge in [-0.3, -0.25) is 14.5 Å². The Balaban J connectivity index is 1.73. The molecular weight excluding hydrogens is 328 g/mol. The molecule has 0 bridgehead atoms. The van der Waals surface area contributed by atoms with Crippen LogP contribution in [0, 0.1) is 11.6 Å². The Labute approximate surface area is 143 Å². The first-order valence-electron chi connectivity index (χ1n) is 7.78. The van der Waals surface area contributed by atoms with Gasteiger partial charge in [0, 0.05) is 18.3 Å². The zero-order valence-corrected chi connectivity index (χ0v) is 13.3. The molecule has 1 aliphatic heterocycles. The SMILES string of the molecule is NC(=O)[C@@H]1Cc2ccccc2CN1CC(=O)Nc1cc(F)cc(F)c1. The van der Waals surface area contributed by atoms with Gasteiger partial charge in [-0.1, -0.05) is 24.3 Å². The van der Waals surface area contributed by atoms with E-state index in [1.165, 1.54) is 0 Å². The number of nitrogens with two attached hydrogens (primary N) is 1. The Bertz CT molecular complexity index is 805. The number of rotatable bonds is 4. The van der Waals surface area contributed by atoms with Crippen molar-refractivity contribution in [3.63, 3.8) is 0 Å². The molecule has 0 unspecified atom stereocenters. The molecule has 2 amide bonds. The molecule has 130 valence electrons. The zero-order valence-electron chi connectivity index (χ0n) is 13.3. The van der Waals surface area contributed by atoms with Crippen LogP contribution in [0.15, 0.2) is 42.5 Å². The van der Waals surface area contributed by atoms with Crippen LogP contribution in [0.1, 0.15) is 11.1 Å². The van der Waals surface area contributed by atoms with Gasteiger partial charge in [0.15, 0.2) is 0 Å². The molecular formula is C18H17F2N3O2. The third-order valence-electron chi connectivity index (χ3n) is 4.17. The molecule has 0 aliphatic carbocycles. The highest BCUT2D eigenvalue weighted by atomic mass is 19.1. The second kappa shape index (κ2) is 6.98. The number of hydrogen-bond donors (Lipinski definition) is 2. The van der Waals surface area contributed by atoms with Crippen molar-refractivity contribution in [2.75, 3.05) is 11.9 Å². The molecule has 0 aromatic heterocycles. The second-order valence-electron chi connectivity index (χ2n) is 6.00. The number of nitrogens with one attached hydrogen (secondary N) is 1. The molecule has 3 rings (SSSR count). The molecule has 1 aliphatic rings. The summed E-state index contributed by atoms with van der Waals surface area (Å²) in [5, 5.41) is 2.44. The molecule has 0 saturated heterocycles. The minimum absolute atomic E-state index is 0.0236. The minimum atomic E-state index is -0.780. The van der Waals surface area contributed by atoms with Gasteiger partial charge in [-0.25, -0.2) is 8.78 Å². The molecule has 0 radical (unpaired) electrons. The quantitative estimate of drug-likeness (QED) is 0.887. The predicted molar refractivity (Wildman–Crippen MR) is 88.5 cm³/mol. The summed E-state index contributed by atoms with van der Waals surface area (Å²) in [5.41, 5.74) is 7.54. The van der Waals surface area contributed by atoms with E-state index in [1.54, 1.807) is 4.90 Å². The molecule has 2 aromatic carbocycles. The highest BCUT2D eigenvalue weighted by molar-refractivity contribution is 5.93. The summed E-state index contributed by atoms with van der Waals surface area (Å²) in [6.45, 7) is 0.286. The van der Waals surface area contributed by atoms with Crippen molar-refractivity contribution in [1.29, 1.82) is 0 Å². The standard InChI is InChI=1S/C18H17F2N3O2/c19-13-6-14(20)8-15(7-13)22-17(24)10-23-9-12-4-2-1-3-11(12)5-16(23)18(21)25/h1-4,6-8,16H,5,9-10H2,(H2,21,25)(H,22,24)/t16-/m0/s1. The maximum atomic E-state index is 13.2. The molecule has 5 nitrogen and oxygen atoms in total. The number of primary amides is 1. The van der Waals surface area contributed by atoms with Crippen molar-refractivity contribution in [3.05, 3.63) is 65.2 Å². The number of benzene rings is 2. The van der Waals surface area contributed by atoms with E-state index < -0.39 is 29.5 Å². The summed E-state index contributed by atoms with van der Waals surface area (Å²) in [7, 11) is 0. The number of fused-ring (bicyclic) bond motifs is 1. The first-order chi connectivity index (χ1) is 11.9. The van der Waals surface area contributed by atoms with E-state index in [4.69, 9.17) is 5.73 Å². The number of anilines is 1. The number of carbonyl (C=O) groups excluding carboxylic acids is 2. The molecule has 1 atom stereocenters. The Kier molecular flexibility index (Phi) is 4.76. The van der Waals surface area contributed by atoms with Crippen LogP contribution in [-0.2, 0) is 22.6 Å². The lowest BCUT2D eigenvalue weighted by molar-refractivity contribution is -0.125. The van der Waals surface area contributed by atoms with Crippen LogP contribution in [0.5, 0.6) is 0 Å². The van der Waals surface area contributed by atoms with Gasteiger partial charge in [0.05, 0.1) is 12.6 Å². The Hall–Kier alpha value is -2.80. The number of nitrogens with zero attached hydrogens (tertiary/aromatic N) is 1. The van der Waals surface area contributed by atoms with Gasteiger partial charge < -0.3 is 11.1 Å². The van der Waals surface area contributed by atoms with E-state index in [0.717, 1.165) is 29.3 Å². The summed E-state index contributed by atoms with van der Waals surface area (Å²) >= 11 is 0. The number of halogens is 2. The fraction of sp³-hybridized carbons (Fsp3) is 0.222. The van der Waals surface area contributed by atoms with Gasteiger partial charge >= 0.3 is 0 Å². The van der Waals surface area contributed by atoms with Crippen molar-refractivity contribution in [2.24, 2.45) is 5.73 Å². The summed E-state index contributed by atoms with van der Waals surface area (Å²) in [4.78, 5) is 25.6. The average Bonchev–Trinajstić information content (AvgIpc) is 2.52. The van der Waals surface area contributed by atoms with Crippen LogP contribution < -0.4 is 11.1 Å². The van der Waals surface area contributed by atoms with Crippen LogP contribution >= 0.6 is 0 Å². The fourth-order valence-electron chi connectivity index (χ4n) is 3.03. The first-order valence-corrected chi connectivity index (χ1v) is 7.78. The molecule has 25 heavy (non-hydrogen) atoms. The fourth-order valence-corrected chi connectivity index (χ4v) is 3.03. The van der Waals surface area contributed by atoms with Gasteiger partial charge in [-0.2, -0.15) is 0 Å². The predicted octanol–water partition coefficient (Wildman–Crippen LogP) is 1.82. The second-order valence-corrected chi connectivity index (χ2v) is 6.00. The van der Waals surface area contributed by atoms with Crippen molar-refractivity contribution >= 4 is 17.5 Å². The monoisotopic (exact) mass is 345 g/mol. The minimum Gasteiger partial charge on any atom is -0.368 e. The van der Waals surface area contributed by atoms with Gasteiger partial charge in [0.1, 0.15) is 11.6 Å². The molecule has 2 aromatic rings. The van der Waals surface area contributed by atoms with Crippen molar-refractivity contribution < 1.29 is 18.4 Å². The van der Waals surface area contributed by atoms with Crippen molar-refractivity contribution in [2.45, 2.75) is 19.0 Å². The number of amides is 2. The van der Waals surface area contributed by atoms with Crippen molar-refractivity contribution in [3.8, 4) is 0 Å².